The predicted octanol–water partition coefficient (Wildman–Crippen LogP) is 3.11. The van der Waals surface area contributed by atoms with E-state index < -0.39 is 59.9 Å². The average Bonchev–Trinajstić information content (AvgIpc) is 3.27. The van der Waals surface area contributed by atoms with Crippen LogP contribution in [0.3, 0.4) is 0 Å². The van der Waals surface area contributed by atoms with Crippen molar-refractivity contribution in [3.05, 3.63) is 47.1 Å². The fourth-order valence-corrected chi connectivity index (χ4v) is 7.45. The molecule has 12 unspecified atom stereocenters. The second kappa shape index (κ2) is 11.9. The van der Waals surface area contributed by atoms with E-state index in [0.717, 1.165) is 5.57 Å². The van der Waals surface area contributed by atoms with Crippen LogP contribution in [0.15, 0.2) is 47.1 Å². The minimum absolute atomic E-state index is 0.0479. The summed E-state index contributed by atoms with van der Waals surface area (Å²) in [6, 6.07) is 0. The van der Waals surface area contributed by atoms with Crippen molar-refractivity contribution in [1.29, 1.82) is 0 Å². The van der Waals surface area contributed by atoms with Gasteiger partial charge >= 0.3 is 5.97 Å². The zero-order valence-electron chi connectivity index (χ0n) is 25.6. The molecular weight excluding hydrogens is 540 g/mol. The molecule has 5 rings (SSSR count). The fraction of sp³-hybridized carbons (Fsp3) is 0.727. The Hall–Kier alpha value is -1.85. The van der Waals surface area contributed by atoms with Crippen LogP contribution in [0, 0.1) is 23.7 Å². The number of esters is 1. The highest BCUT2D eigenvalue weighted by Gasteiger charge is 2.60. The normalized spacial score (nSPS) is 46.5. The number of hydrogen-bond acceptors (Lipinski definition) is 9. The fourth-order valence-electron chi connectivity index (χ4n) is 7.45. The van der Waals surface area contributed by atoms with E-state index >= 15 is 0 Å². The van der Waals surface area contributed by atoms with Crippen molar-refractivity contribution in [2.24, 2.45) is 23.7 Å². The Morgan fingerprint density at radius 3 is 2.45 bits per heavy atom. The number of aliphatic hydroxyl groups excluding tert-OH is 3. The molecule has 1 spiro atoms. The molecule has 1 aliphatic carbocycles. The van der Waals surface area contributed by atoms with Crippen LogP contribution < -0.4 is 0 Å². The van der Waals surface area contributed by atoms with Crippen LogP contribution in [0.2, 0.25) is 0 Å². The SMILES string of the molecule is CC1=CCC2CC(CC3(CC(O)C(C)C(C(C)C)O3)O2)OC(=O)C2C=C(C)C(O)C3OCC(=CC=CC(C)C1O)C23O. The monoisotopic (exact) mass is 588 g/mol. The highest BCUT2D eigenvalue weighted by Crippen LogP contribution is 2.47. The van der Waals surface area contributed by atoms with Gasteiger partial charge in [-0.25, -0.2) is 0 Å². The molecule has 0 aromatic carbocycles. The summed E-state index contributed by atoms with van der Waals surface area (Å²) in [5.74, 6) is -3.03. The first kappa shape index (κ1) is 31.6. The molecule has 3 saturated heterocycles. The van der Waals surface area contributed by atoms with Crippen molar-refractivity contribution in [1.82, 2.24) is 0 Å². The van der Waals surface area contributed by atoms with E-state index in [-0.39, 0.29) is 43.3 Å². The van der Waals surface area contributed by atoms with Gasteiger partial charge in [-0.2, -0.15) is 0 Å². The zero-order chi connectivity index (χ0) is 30.6. The number of carbonyl (C=O) groups is 1. The van der Waals surface area contributed by atoms with Crippen LogP contribution in [-0.4, -0.2) is 87.1 Å². The van der Waals surface area contributed by atoms with E-state index in [0.29, 0.717) is 24.0 Å². The molecule has 234 valence electrons. The van der Waals surface area contributed by atoms with Crippen LogP contribution in [-0.2, 0) is 23.7 Å². The van der Waals surface area contributed by atoms with Crippen LogP contribution in [0.1, 0.15) is 67.2 Å². The Bertz CT molecular complexity index is 1160. The summed E-state index contributed by atoms with van der Waals surface area (Å²) in [4.78, 5) is 13.9. The number of rotatable bonds is 1. The molecule has 5 aliphatic rings. The summed E-state index contributed by atoms with van der Waals surface area (Å²) >= 11 is 0. The lowest BCUT2D eigenvalue weighted by Gasteiger charge is -2.52. The number of aliphatic hydroxyl groups is 4. The van der Waals surface area contributed by atoms with Gasteiger partial charge in [0.15, 0.2) is 5.79 Å². The lowest BCUT2D eigenvalue weighted by Crippen LogP contribution is -2.60. The smallest absolute Gasteiger partial charge is 0.316 e. The van der Waals surface area contributed by atoms with Crippen molar-refractivity contribution < 1.29 is 44.2 Å². The van der Waals surface area contributed by atoms with Crippen molar-refractivity contribution in [2.75, 3.05) is 6.61 Å². The van der Waals surface area contributed by atoms with E-state index in [9.17, 15) is 25.2 Å². The molecule has 42 heavy (non-hydrogen) atoms. The van der Waals surface area contributed by atoms with Crippen LogP contribution in [0.25, 0.3) is 0 Å². The Morgan fingerprint density at radius 2 is 1.74 bits per heavy atom. The summed E-state index contributed by atoms with van der Waals surface area (Å²) in [7, 11) is 0. The highest BCUT2D eigenvalue weighted by atomic mass is 16.7. The van der Waals surface area contributed by atoms with Gasteiger partial charge in [-0.3, -0.25) is 4.79 Å². The number of allylic oxidation sites excluding steroid dienone is 2. The maximum atomic E-state index is 13.9. The molecule has 3 fully saturated rings. The Kier molecular flexibility index (Phi) is 8.96. The highest BCUT2D eigenvalue weighted by molar-refractivity contribution is 5.78. The number of ether oxygens (including phenoxy) is 4. The molecule has 0 radical (unpaired) electrons. The Balaban J connectivity index is 1.55. The molecular formula is C33H48O9. The van der Waals surface area contributed by atoms with Gasteiger partial charge in [0.1, 0.15) is 29.8 Å². The summed E-state index contributed by atoms with van der Waals surface area (Å²) in [5, 5.41) is 45.1. The number of fused-ring (bicyclic) bond motifs is 2. The minimum atomic E-state index is -1.80. The first-order valence-electron chi connectivity index (χ1n) is 15.4. The van der Waals surface area contributed by atoms with Crippen LogP contribution >= 0.6 is 0 Å². The van der Waals surface area contributed by atoms with Crippen molar-refractivity contribution in [3.63, 3.8) is 0 Å². The largest absolute Gasteiger partial charge is 0.462 e. The predicted molar refractivity (Wildman–Crippen MR) is 155 cm³/mol. The topological polar surface area (TPSA) is 135 Å². The number of carbonyl (C=O) groups excluding carboxylic acids is 1. The first-order valence-corrected chi connectivity index (χ1v) is 15.4. The van der Waals surface area contributed by atoms with E-state index in [1.54, 1.807) is 25.2 Å². The Morgan fingerprint density at radius 1 is 1.00 bits per heavy atom. The van der Waals surface area contributed by atoms with Gasteiger partial charge in [0, 0.05) is 31.1 Å². The molecule has 9 heteroatoms. The van der Waals surface area contributed by atoms with Crippen molar-refractivity contribution in [2.45, 2.75) is 121 Å². The van der Waals surface area contributed by atoms with Gasteiger partial charge in [0.05, 0.1) is 31.0 Å². The van der Waals surface area contributed by atoms with Gasteiger partial charge in [-0.1, -0.05) is 58.1 Å². The molecule has 0 amide bonds. The summed E-state index contributed by atoms with van der Waals surface area (Å²) in [6.07, 6.45) is 5.48. The quantitative estimate of drug-likeness (QED) is 0.269. The summed E-state index contributed by atoms with van der Waals surface area (Å²) < 4.78 is 25.3. The second-order valence-corrected chi connectivity index (χ2v) is 13.6. The molecule has 4 aliphatic heterocycles. The minimum Gasteiger partial charge on any atom is -0.462 e. The standard InChI is InChI=1S/C33H48O9/c1-17(2)29-21(6)26(34)15-32(42-29)14-24-13-23(41-32)11-10-19(4)27(35)18(3)8-7-9-22-16-39-30-28(36)20(5)12-25(31(37)40-24)33(22,30)38/h7-10,12,17-18,21,23-30,34-36,38H,11,13-16H2,1-6H3. The number of hydrogen-bond donors (Lipinski definition) is 4. The lowest BCUT2D eigenvalue weighted by molar-refractivity contribution is -0.353. The molecule has 12 atom stereocenters. The summed E-state index contributed by atoms with van der Waals surface area (Å²) in [6.45, 7) is 11.6. The van der Waals surface area contributed by atoms with Gasteiger partial charge in [-0.05, 0) is 42.9 Å². The van der Waals surface area contributed by atoms with E-state index in [1.165, 1.54) is 0 Å². The molecule has 4 heterocycles. The van der Waals surface area contributed by atoms with Crippen molar-refractivity contribution in [3.8, 4) is 0 Å². The van der Waals surface area contributed by atoms with Gasteiger partial charge < -0.3 is 39.4 Å². The maximum absolute atomic E-state index is 13.9. The third kappa shape index (κ3) is 5.70. The lowest BCUT2D eigenvalue weighted by atomic mass is 9.71. The molecule has 4 N–H and O–H groups in total. The van der Waals surface area contributed by atoms with E-state index in [2.05, 4.69) is 13.8 Å². The molecule has 0 saturated carbocycles. The van der Waals surface area contributed by atoms with Crippen LogP contribution in [0.4, 0.5) is 0 Å². The maximum Gasteiger partial charge on any atom is 0.316 e. The van der Waals surface area contributed by atoms with Crippen molar-refractivity contribution >= 4 is 5.97 Å². The third-order valence-corrected chi connectivity index (χ3v) is 10.0. The zero-order valence-corrected chi connectivity index (χ0v) is 25.6. The van der Waals surface area contributed by atoms with E-state index in [4.69, 9.17) is 18.9 Å². The molecule has 0 aromatic rings. The second-order valence-electron chi connectivity index (χ2n) is 13.6. The molecule has 2 bridgehead atoms. The van der Waals surface area contributed by atoms with Gasteiger partial charge in [0.25, 0.3) is 0 Å². The molecule has 0 aromatic heterocycles. The third-order valence-electron chi connectivity index (χ3n) is 10.0. The van der Waals surface area contributed by atoms with E-state index in [1.807, 2.05) is 32.9 Å². The molecule has 9 nitrogen and oxygen atoms in total. The van der Waals surface area contributed by atoms with Gasteiger partial charge in [-0.15, -0.1) is 0 Å². The average molecular weight is 589 g/mol. The Labute approximate surface area is 248 Å². The van der Waals surface area contributed by atoms with Crippen LogP contribution in [0.5, 0.6) is 0 Å². The first-order chi connectivity index (χ1) is 19.8. The van der Waals surface area contributed by atoms with Gasteiger partial charge in [0.2, 0.25) is 0 Å². The summed E-state index contributed by atoms with van der Waals surface area (Å²) in [5.41, 5.74) is -0.0131.